The van der Waals surface area contributed by atoms with E-state index in [1.165, 1.54) is 0 Å². The fourth-order valence-electron chi connectivity index (χ4n) is 4.13. The van der Waals surface area contributed by atoms with Gasteiger partial charge >= 0.3 is 11.8 Å². The van der Waals surface area contributed by atoms with Gasteiger partial charge in [-0.3, -0.25) is 9.59 Å². The summed E-state index contributed by atoms with van der Waals surface area (Å²) in [5.41, 5.74) is 3.33. The van der Waals surface area contributed by atoms with Crippen molar-refractivity contribution in [2.75, 3.05) is 18.4 Å². The normalized spacial score (nSPS) is 16.9. The van der Waals surface area contributed by atoms with E-state index >= 15 is 0 Å². The van der Waals surface area contributed by atoms with Crippen LogP contribution in [0, 0.1) is 13.8 Å². The minimum Gasteiger partial charge on any atom is -0.348 e. The minimum absolute atomic E-state index is 0.214. The second kappa shape index (κ2) is 10.9. The van der Waals surface area contributed by atoms with Gasteiger partial charge in [0.15, 0.2) is 0 Å². The van der Waals surface area contributed by atoms with Crippen molar-refractivity contribution in [3.8, 4) is 0 Å². The van der Waals surface area contributed by atoms with E-state index in [4.69, 9.17) is 0 Å². The lowest BCUT2D eigenvalue weighted by atomic mass is 10.0. The molecule has 8 heteroatoms. The Labute approximate surface area is 196 Å². The van der Waals surface area contributed by atoms with Crippen LogP contribution in [0.25, 0.3) is 0 Å². The second-order valence-corrected chi connectivity index (χ2v) is 10.4. The number of aryl methyl sites for hydroxylation is 3. The van der Waals surface area contributed by atoms with E-state index in [1.807, 2.05) is 38.1 Å². The van der Waals surface area contributed by atoms with Gasteiger partial charge in [0, 0.05) is 24.8 Å². The Balaban J connectivity index is 1.59. The van der Waals surface area contributed by atoms with Crippen LogP contribution in [-0.2, 0) is 26.0 Å². The molecule has 7 nitrogen and oxygen atoms in total. The Morgan fingerprint density at radius 1 is 1.03 bits per heavy atom. The maximum atomic E-state index is 13.4. The van der Waals surface area contributed by atoms with E-state index in [0.717, 1.165) is 42.4 Å². The van der Waals surface area contributed by atoms with E-state index in [0.29, 0.717) is 23.5 Å². The van der Waals surface area contributed by atoms with Gasteiger partial charge in [0.05, 0.1) is 4.90 Å². The van der Waals surface area contributed by atoms with E-state index in [9.17, 15) is 18.0 Å². The summed E-state index contributed by atoms with van der Waals surface area (Å²) >= 11 is 0. The molecule has 1 heterocycles. The van der Waals surface area contributed by atoms with Crippen LogP contribution in [0.15, 0.2) is 47.4 Å². The Bertz CT molecular complexity index is 1100. The number of anilines is 1. The highest BCUT2D eigenvalue weighted by molar-refractivity contribution is 7.89. The SMILES string of the molecule is CCc1ccc(NC(=O)C(=O)NCC[C@H]2CCCCN2S(=O)(=O)c2cc(C)ccc2C)cc1. The zero-order valence-corrected chi connectivity index (χ0v) is 20.4. The van der Waals surface area contributed by atoms with E-state index < -0.39 is 21.8 Å². The molecule has 0 radical (unpaired) electrons. The van der Waals surface area contributed by atoms with Crippen LogP contribution in [-0.4, -0.2) is 43.7 Å². The van der Waals surface area contributed by atoms with Crippen molar-refractivity contribution in [2.24, 2.45) is 0 Å². The van der Waals surface area contributed by atoms with Crippen molar-refractivity contribution in [1.29, 1.82) is 0 Å². The lowest BCUT2D eigenvalue weighted by molar-refractivity contribution is -0.136. The molecule has 178 valence electrons. The smallest absolute Gasteiger partial charge is 0.313 e. The van der Waals surface area contributed by atoms with Gasteiger partial charge in [-0.15, -0.1) is 0 Å². The van der Waals surface area contributed by atoms with Crippen LogP contribution < -0.4 is 10.6 Å². The molecule has 1 aliphatic heterocycles. The molecule has 0 aromatic heterocycles. The first-order valence-corrected chi connectivity index (χ1v) is 12.9. The molecular weight excluding hydrogens is 438 g/mol. The van der Waals surface area contributed by atoms with Crippen molar-refractivity contribution in [3.63, 3.8) is 0 Å². The van der Waals surface area contributed by atoms with Crippen LogP contribution in [0.5, 0.6) is 0 Å². The highest BCUT2D eigenvalue weighted by Crippen LogP contribution is 2.29. The third-order valence-corrected chi connectivity index (χ3v) is 8.19. The fourth-order valence-corrected chi connectivity index (χ4v) is 6.17. The molecule has 1 aliphatic rings. The number of rotatable bonds is 7. The van der Waals surface area contributed by atoms with Crippen LogP contribution in [0.3, 0.4) is 0 Å². The molecule has 3 rings (SSSR count). The molecular formula is C25H33N3O4S. The second-order valence-electron chi connectivity index (χ2n) is 8.58. The standard InChI is InChI=1S/C25H33N3O4S/c1-4-20-10-12-21(13-11-20)27-25(30)24(29)26-15-14-22-7-5-6-16-28(22)33(31,32)23-17-18(2)8-9-19(23)3/h8-13,17,22H,4-7,14-16H2,1-3H3,(H,26,29)(H,27,30)/t22-/m1/s1. The maximum absolute atomic E-state index is 13.4. The first-order chi connectivity index (χ1) is 15.7. The molecule has 1 atom stereocenters. The fraction of sp³-hybridized carbons (Fsp3) is 0.440. The van der Waals surface area contributed by atoms with Gasteiger partial charge in [0.25, 0.3) is 0 Å². The number of sulfonamides is 1. The van der Waals surface area contributed by atoms with Gasteiger partial charge in [-0.2, -0.15) is 4.31 Å². The first kappa shape index (κ1) is 24.9. The van der Waals surface area contributed by atoms with Gasteiger partial charge in [-0.25, -0.2) is 8.42 Å². The van der Waals surface area contributed by atoms with E-state index in [-0.39, 0.29) is 12.6 Å². The zero-order valence-electron chi connectivity index (χ0n) is 19.6. The Hall–Kier alpha value is -2.71. The summed E-state index contributed by atoms with van der Waals surface area (Å²) in [7, 11) is -3.64. The Morgan fingerprint density at radius 2 is 1.76 bits per heavy atom. The number of hydrogen-bond acceptors (Lipinski definition) is 4. The topological polar surface area (TPSA) is 95.6 Å². The predicted octanol–water partition coefficient (Wildman–Crippen LogP) is 3.55. The molecule has 0 saturated carbocycles. The van der Waals surface area contributed by atoms with Gasteiger partial charge < -0.3 is 10.6 Å². The summed E-state index contributed by atoms with van der Waals surface area (Å²) in [6, 6.07) is 12.6. The van der Waals surface area contributed by atoms with Gasteiger partial charge in [0.1, 0.15) is 0 Å². The zero-order chi connectivity index (χ0) is 24.0. The van der Waals surface area contributed by atoms with Crippen molar-refractivity contribution >= 4 is 27.5 Å². The first-order valence-electron chi connectivity index (χ1n) is 11.5. The van der Waals surface area contributed by atoms with Crippen LogP contribution in [0.1, 0.15) is 49.3 Å². The van der Waals surface area contributed by atoms with Gasteiger partial charge in [-0.05, 0) is 74.4 Å². The van der Waals surface area contributed by atoms with Gasteiger partial charge in [-0.1, -0.05) is 37.6 Å². The number of amides is 2. The number of nitrogens with one attached hydrogen (secondary N) is 2. The lowest BCUT2D eigenvalue weighted by Crippen LogP contribution is -2.46. The highest BCUT2D eigenvalue weighted by atomic mass is 32.2. The molecule has 0 bridgehead atoms. The lowest BCUT2D eigenvalue weighted by Gasteiger charge is -2.35. The van der Waals surface area contributed by atoms with Crippen LogP contribution in [0.2, 0.25) is 0 Å². The van der Waals surface area contributed by atoms with Crippen molar-refractivity contribution in [2.45, 2.75) is 63.8 Å². The Kier molecular flexibility index (Phi) is 8.26. The molecule has 2 aromatic rings. The van der Waals surface area contributed by atoms with E-state index in [1.54, 1.807) is 29.4 Å². The number of carbonyl (C=O) groups excluding carboxylic acids is 2. The maximum Gasteiger partial charge on any atom is 0.313 e. The van der Waals surface area contributed by atoms with Crippen LogP contribution in [0.4, 0.5) is 5.69 Å². The molecule has 2 aromatic carbocycles. The molecule has 0 spiro atoms. The van der Waals surface area contributed by atoms with Gasteiger partial charge in [0.2, 0.25) is 10.0 Å². The number of hydrogen-bond donors (Lipinski definition) is 2. The average Bonchev–Trinajstić information content (AvgIpc) is 2.81. The predicted molar refractivity (Wildman–Crippen MR) is 130 cm³/mol. The van der Waals surface area contributed by atoms with Crippen molar-refractivity contribution in [1.82, 2.24) is 9.62 Å². The molecule has 0 unspecified atom stereocenters. The molecule has 2 amide bonds. The summed E-state index contributed by atoms with van der Waals surface area (Å²) < 4.78 is 28.4. The largest absolute Gasteiger partial charge is 0.348 e. The number of carbonyl (C=O) groups is 2. The van der Waals surface area contributed by atoms with E-state index in [2.05, 4.69) is 10.6 Å². The third kappa shape index (κ3) is 6.21. The number of nitrogens with zero attached hydrogens (tertiary/aromatic N) is 1. The van der Waals surface area contributed by atoms with Crippen molar-refractivity contribution < 1.29 is 18.0 Å². The third-order valence-electron chi connectivity index (χ3n) is 6.09. The number of benzene rings is 2. The van der Waals surface area contributed by atoms with Crippen LogP contribution >= 0.6 is 0 Å². The summed E-state index contributed by atoms with van der Waals surface area (Å²) in [4.78, 5) is 24.8. The highest BCUT2D eigenvalue weighted by Gasteiger charge is 2.34. The molecule has 0 aliphatic carbocycles. The van der Waals surface area contributed by atoms with Crippen molar-refractivity contribution in [3.05, 3.63) is 59.2 Å². The molecule has 2 N–H and O–H groups in total. The molecule has 33 heavy (non-hydrogen) atoms. The summed E-state index contributed by atoms with van der Waals surface area (Å²) in [5, 5.41) is 5.22. The average molecular weight is 472 g/mol. The quantitative estimate of drug-likeness (QED) is 0.604. The summed E-state index contributed by atoms with van der Waals surface area (Å²) in [6.45, 7) is 6.42. The number of piperidine rings is 1. The summed E-state index contributed by atoms with van der Waals surface area (Å²) in [5.74, 6) is -1.46. The summed E-state index contributed by atoms with van der Waals surface area (Å²) in [6.07, 6.45) is 3.83. The molecule has 1 fully saturated rings. The Morgan fingerprint density at radius 3 is 2.45 bits per heavy atom. The monoisotopic (exact) mass is 471 g/mol. The minimum atomic E-state index is -3.64. The molecule has 1 saturated heterocycles.